The molecular weight excluding hydrogens is 289 g/mol. The minimum Gasteiger partial charge on any atom is -0.391 e. The first kappa shape index (κ1) is 21.2. The highest BCUT2D eigenvalue weighted by Gasteiger charge is 2.28. The topological polar surface area (TPSA) is 64.6 Å². The molecule has 0 aromatic heterocycles. The maximum absolute atomic E-state index is 12.0. The average molecular weight is 316 g/mol. The van der Waals surface area contributed by atoms with Crippen molar-refractivity contribution in [1.29, 1.82) is 0 Å². The van der Waals surface area contributed by atoms with E-state index in [-0.39, 0.29) is 54.7 Å². The van der Waals surface area contributed by atoms with E-state index in [0.29, 0.717) is 13.1 Å². The molecule has 0 radical (unpaired) electrons. The molecule has 1 amide bonds. The lowest BCUT2D eigenvalue weighted by Crippen LogP contribution is -2.48. The fourth-order valence-electron chi connectivity index (χ4n) is 2.40. The summed E-state index contributed by atoms with van der Waals surface area (Å²) in [6.07, 6.45) is -0.341. The van der Waals surface area contributed by atoms with Crippen LogP contribution in [-0.4, -0.2) is 61.8 Å². The SMILES string of the molecule is CC(C)[C@@H](C(=O)NCC1CNCC1O)N(C)C.Cl.Cl. The maximum atomic E-state index is 12.0. The van der Waals surface area contributed by atoms with Gasteiger partial charge in [0.25, 0.3) is 0 Å². The number of rotatable bonds is 5. The Morgan fingerprint density at radius 1 is 1.37 bits per heavy atom. The Labute approximate surface area is 128 Å². The molecule has 0 spiro atoms. The fourth-order valence-corrected chi connectivity index (χ4v) is 2.40. The molecule has 0 aromatic carbocycles. The van der Waals surface area contributed by atoms with Crippen molar-refractivity contribution in [3.05, 3.63) is 0 Å². The Morgan fingerprint density at radius 2 is 1.95 bits per heavy atom. The Kier molecular flexibility index (Phi) is 10.9. The Balaban J connectivity index is 0. The molecule has 0 saturated carbocycles. The van der Waals surface area contributed by atoms with E-state index in [1.807, 2.05) is 32.8 Å². The van der Waals surface area contributed by atoms with Crippen molar-refractivity contribution in [3.63, 3.8) is 0 Å². The van der Waals surface area contributed by atoms with Gasteiger partial charge < -0.3 is 15.7 Å². The van der Waals surface area contributed by atoms with Gasteiger partial charge in [0.15, 0.2) is 0 Å². The number of hydrogen-bond donors (Lipinski definition) is 3. The highest BCUT2D eigenvalue weighted by Crippen LogP contribution is 2.10. The minimum absolute atomic E-state index is 0. The number of aliphatic hydroxyl groups excluding tert-OH is 1. The number of hydrogen-bond acceptors (Lipinski definition) is 4. The second kappa shape index (κ2) is 9.77. The van der Waals surface area contributed by atoms with E-state index in [1.54, 1.807) is 0 Å². The molecule has 1 rings (SSSR count). The van der Waals surface area contributed by atoms with Crippen molar-refractivity contribution in [2.45, 2.75) is 26.0 Å². The highest BCUT2D eigenvalue weighted by molar-refractivity contribution is 5.85. The van der Waals surface area contributed by atoms with Gasteiger partial charge in [-0.3, -0.25) is 9.69 Å². The molecule has 1 heterocycles. The zero-order valence-corrected chi connectivity index (χ0v) is 13.7. The van der Waals surface area contributed by atoms with Gasteiger partial charge in [-0.25, -0.2) is 0 Å². The number of carbonyl (C=O) groups excluding carboxylic acids is 1. The van der Waals surface area contributed by atoms with Gasteiger partial charge in [0.2, 0.25) is 5.91 Å². The van der Waals surface area contributed by atoms with Crippen LogP contribution in [0.2, 0.25) is 0 Å². The standard InChI is InChI=1S/C12H25N3O2.2ClH/c1-8(2)11(15(3)4)12(17)14-6-9-5-13-7-10(9)16;;/h8-11,13,16H,5-7H2,1-4H3,(H,14,17);2*1H/t9?,10?,11-;;/m0../s1. The van der Waals surface area contributed by atoms with Crippen LogP contribution in [0.3, 0.4) is 0 Å². The predicted octanol–water partition coefficient (Wildman–Crippen LogP) is 0.113. The van der Waals surface area contributed by atoms with Crippen LogP contribution in [0, 0.1) is 11.8 Å². The molecule has 116 valence electrons. The molecule has 0 aromatic rings. The quantitative estimate of drug-likeness (QED) is 0.674. The number of β-amino-alcohol motifs (C(OH)–C–C–N with tert-alkyl or cyclic N) is 1. The van der Waals surface area contributed by atoms with Crippen molar-refractivity contribution in [2.24, 2.45) is 11.8 Å². The summed E-state index contributed by atoms with van der Waals surface area (Å²) in [6.45, 7) is 6.02. The molecule has 3 atom stereocenters. The van der Waals surface area contributed by atoms with Crippen LogP contribution < -0.4 is 10.6 Å². The summed E-state index contributed by atoms with van der Waals surface area (Å²) in [6, 6.07) is -0.110. The van der Waals surface area contributed by atoms with E-state index >= 15 is 0 Å². The molecule has 19 heavy (non-hydrogen) atoms. The molecule has 2 unspecified atom stereocenters. The van der Waals surface area contributed by atoms with Gasteiger partial charge in [0.1, 0.15) is 0 Å². The summed E-state index contributed by atoms with van der Waals surface area (Å²) in [5.74, 6) is 0.453. The lowest BCUT2D eigenvalue weighted by molar-refractivity contribution is -0.127. The van der Waals surface area contributed by atoms with E-state index in [4.69, 9.17) is 0 Å². The van der Waals surface area contributed by atoms with Gasteiger partial charge in [-0.2, -0.15) is 0 Å². The van der Waals surface area contributed by atoms with Crippen LogP contribution in [-0.2, 0) is 4.79 Å². The number of likely N-dealkylation sites (N-methyl/N-ethyl adjacent to an activating group) is 1. The number of amides is 1. The van der Waals surface area contributed by atoms with E-state index < -0.39 is 0 Å². The number of aliphatic hydroxyl groups is 1. The van der Waals surface area contributed by atoms with Crippen LogP contribution in [0.25, 0.3) is 0 Å². The van der Waals surface area contributed by atoms with Crippen LogP contribution >= 0.6 is 24.8 Å². The molecule has 0 aliphatic carbocycles. The van der Waals surface area contributed by atoms with Gasteiger partial charge in [-0.15, -0.1) is 24.8 Å². The Hall–Kier alpha value is -0.0700. The smallest absolute Gasteiger partial charge is 0.237 e. The number of nitrogens with one attached hydrogen (secondary N) is 2. The van der Waals surface area contributed by atoms with Crippen LogP contribution in [0.1, 0.15) is 13.8 Å². The van der Waals surface area contributed by atoms with Crippen LogP contribution in [0.4, 0.5) is 0 Å². The number of carbonyl (C=O) groups is 1. The minimum atomic E-state index is -0.341. The third-order valence-corrected chi connectivity index (χ3v) is 3.30. The second-order valence-corrected chi connectivity index (χ2v) is 5.38. The summed E-state index contributed by atoms with van der Waals surface area (Å²) < 4.78 is 0. The monoisotopic (exact) mass is 315 g/mol. The van der Waals surface area contributed by atoms with E-state index in [2.05, 4.69) is 10.6 Å². The van der Waals surface area contributed by atoms with Crippen molar-refractivity contribution in [3.8, 4) is 0 Å². The van der Waals surface area contributed by atoms with Gasteiger partial charge in [-0.1, -0.05) is 13.8 Å². The summed E-state index contributed by atoms with van der Waals surface area (Å²) in [4.78, 5) is 14.0. The van der Waals surface area contributed by atoms with Crippen LogP contribution in [0.15, 0.2) is 0 Å². The molecular formula is C12H27Cl2N3O2. The Morgan fingerprint density at radius 3 is 2.32 bits per heavy atom. The molecule has 5 nitrogen and oxygen atoms in total. The zero-order valence-electron chi connectivity index (χ0n) is 12.0. The lowest BCUT2D eigenvalue weighted by Gasteiger charge is -2.27. The van der Waals surface area contributed by atoms with Crippen molar-refractivity contribution in [1.82, 2.24) is 15.5 Å². The van der Waals surface area contributed by atoms with Gasteiger partial charge in [0.05, 0.1) is 12.1 Å². The molecule has 1 aliphatic heterocycles. The van der Waals surface area contributed by atoms with Gasteiger partial charge in [-0.05, 0) is 20.0 Å². The van der Waals surface area contributed by atoms with Gasteiger partial charge >= 0.3 is 0 Å². The molecule has 7 heteroatoms. The van der Waals surface area contributed by atoms with E-state index in [0.717, 1.165) is 6.54 Å². The zero-order chi connectivity index (χ0) is 13.0. The molecule has 1 fully saturated rings. The fraction of sp³-hybridized carbons (Fsp3) is 0.917. The molecule has 1 aliphatic rings. The summed E-state index contributed by atoms with van der Waals surface area (Å²) >= 11 is 0. The van der Waals surface area contributed by atoms with Crippen molar-refractivity contribution < 1.29 is 9.90 Å². The van der Waals surface area contributed by atoms with E-state index in [1.165, 1.54) is 0 Å². The largest absolute Gasteiger partial charge is 0.391 e. The van der Waals surface area contributed by atoms with E-state index in [9.17, 15) is 9.90 Å². The third kappa shape index (κ3) is 6.27. The predicted molar refractivity (Wildman–Crippen MR) is 82.2 cm³/mol. The third-order valence-electron chi connectivity index (χ3n) is 3.30. The molecule has 1 saturated heterocycles. The molecule has 3 N–H and O–H groups in total. The summed E-state index contributed by atoms with van der Waals surface area (Å²) in [5, 5.41) is 15.7. The Bertz CT molecular complexity index is 257. The lowest BCUT2D eigenvalue weighted by atomic mass is 10.0. The maximum Gasteiger partial charge on any atom is 0.237 e. The normalized spacial score (nSPS) is 23.7. The first-order valence-electron chi connectivity index (χ1n) is 6.26. The second-order valence-electron chi connectivity index (χ2n) is 5.38. The first-order chi connectivity index (χ1) is 7.93. The van der Waals surface area contributed by atoms with Crippen LogP contribution in [0.5, 0.6) is 0 Å². The number of nitrogens with zero attached hydrogens (tertiary/aromatic N) is 1. The number of halogens is 2. The molecule has 0 bridgehead atoms. The first-order valence-corrected chi connectivity index (χ1v) is 6.26. The summed E-state index contributed by atoms with van der Waals surface area (Å²) in [5.41, 5.74) is 0. The highest BCUT2D eigenvalue weighted by atomic mass is 35.5. The van der Waals surface area contributed by atoms with Crippen molar-refractivity contribution in [2.75, 3.05) is 33.7 Å². The van der Waals surface area contributed by atoms with Crippen molar-refractivity contribution >= 4 is 30.7 Å². The summed E-state index contributed by atoms with van der Waals surface area (Å²) in [7, 11) is 3.83. The average Bonchev–Trinajstić information content (AvgIpc) is 2.59. The van der Waals surface area contributed by atoms with Gasteiger partial charge in [0, 0.05) is 25.6 Å².